The number of hydrogen-bond acceptors (Lipinski definition) is 2. The largest absolute Gasteiger partial charge is 0.412 e. The second kappa shape index (κ2) is 9.30. The minimum Gasteiger partial charge on any atom is -0.412 e. The van der Waals surface area contributed by atoms with Crippen molar-refractivity contribution in [2.75, 3.05) is 0 Å². The standard InChI is InChI=1S/C24H48O2Si/c1-8-27(9-2,10-3)26-23(5,6)17-11-13-19(4)20-15-16-21-22(25)14-12-18-24(20,21)7/h19-22,25H,8-18H2,1-7H3/t19-,20-,21+,22+,24-/m1/s1. The van der Waals surface area contributed by atoms with Crippen molar-refractivity contribution in [3.63, 3.8) is 0 Å². The zero-order chi connectivity index (χ0) is 20.3. The van der Waals surface area contributed by atoms with Crippen molar-refractivity contribution < 1.29 is 9.53 Å². The van der Waals surface area contributed by atoms with Crippen molar-refractivity contribution in [3.8, 4) is 0 Å². The second-order valence-corrected chi connectivity index (χ2v) is 15.4. The molecule has 5 atom stereocenters. The molecule has 160 valence electrons. The number of aliphatic hydroxyl groups is 1. The van der Waals surface area contributed by atoms with E-state index in [0.29, 0.717) is 11.3 Å². The lowest BCUT2D eigenvalue weighted by Crippen LogP contribution is -2.44. The Balaban J connectivity index is 1.87. The summed E-state index contributed by atoms with van der Waals surface area (Å²) in [5, 5.41) is 10.5. The van der Waals surface area contributed by atoms with E-state index in [0.717, 1.165) is 18.3 Å². The smallest absolute Gasteiger partial charge is 0.192 e. The molecule has 2 aliphatic carbocycles. The van der Waals surface area contributed by atoms with Crippen molar-refractivity contribution in [2.45, 2.75) is 130 Å². The predicted molar refractivity (Wildman–Crippen MR) is 120 cm³/mol. The van der Waals surface area contributed by atoms with Crippen LogP contribution in [0.15, 0.2) is 0 Å². The third kappa shape index (κ3) is 5.20. The Morgan fingerprint density at radius 2 is 1.74 bits per heavy atom. The fraction of sp³-hybridized carbons (Fsp3) is 1.00. The lowest BCUT2D eigenvalue weighted by atomic mass is 9.61. The fourth-order valence-electron chi connectivity index (χ4n) is 6.78. The molecule has 0 spiro atoms. The quantitative estimate of drug-likeness (QED) is 0.396. The molecule has 2 fully saturated rings. The number of hydrogen-bond donors (Lipinski definition) is 1. The molecule has 0 saturated heterocycles. The number of aliphatic hydroxyl groups excluding tert-OH is 1. The van der Waals surface area contributed by atoms with Gasteiger partial charge in [-0.3, -0.25) is 0 Å². The Bertz CT molecular complexity index is 451. The second-order valence-electron chi connectivity index (χ2n) is 10.7. The normalized spacial score (nSPS) is 33.1. The number of rotatable bonds is 10. The highest BCUT2D eigenvalue weighted by molar-refractivity contribution is 6.73. The van der Waals surface area contributed by atoms with Crippen LogP contribution in [0.2, 0.25) is 18.1 Å². The molecule has 0 bridgehead atoms. The van der Waals surface area contributed by atoms with Gasteiger partial charge in [0.1, 0.15) is 0 Å². The van der Waals surface area contributed by atoms with Gasteiger partial charge < -0.3 is 9.53 Å². The van der Waals surface area contributed by atoms with E-state index in [9.17, 15) is 5.11 Å². The van der Waals surface area contributed by atoms with Crippen LogP contribution in [0.4, 0.5) is 0 Å². The number of fused-ring (bicyclic) bond motifs is 1. The van der Waals surface area contributed by atoms with Crippen LogP contribution in [0, 0.1) is 23.2 Å². The summed E-state index contributed by atoms with van der Waals surface area (Å²) in [6.45, 7) is 16.6. The monoisotopic (exact) mass is 396 g/mol. The third-order valence-electron chi connectivity index (χ3n) is 8.71. The van der Waals surface area contributed by atoms with Gasteiger partial charge in [0, 0.05) is 0 Å². The summed E-state index contributed by atoms with van der Waals surface area (Å²) >= 11 is 0. The van der Waals surface area contributed by atoms with Gasteiger partial charge in [0.25, 0.3) is 0 Å². The molecule has 0 heterocycles. The summed E-state index contributed by atoms with van der Waals surface area (Å²) in [4.78, 5) is 0. The molecule has 0 aliphatic heterocycles. The van der Waals surface area contributed by atoms with Gasteiger partial charge in [-0.2, -0.15) is 0 Å². The Hall–Kier alpha value is 0.137. The molecular weight excluding hydrogens is 348 g/mol. The molecular formula is C24H48O2Si. The van der Waals surface area contributed by atoms with Crippen LogP contribution in [0.25, 0.3) is 0 Å². The van der Waals surface area contributed by atoms with Crippen LogP contribution >= 0.6 is 0 Å². The molecule has 2 rings (SSSR count). The molecule has 0 aromatic carbocycles. The molecule has 2 aliphatic rings. The van der Waals surface area contributed by atoms with Gasteiger partial charge in [-0.05, 0) is 87.3 Å². The molecule has 2 nitrogen and oxygen atoms in total. The molecule has 2 saturated carbocycles. The average Bonchev–Trinajstić information content (AvgIpc) is 2.98. The summed E-state index contributed by atoms with van der Waals surface area (Å²) in [5.74, 6) is 2.13. The maximum atomic E-state index is 10.5. The van der Waals surface area contributed by atoms with Gasteiger partial charge >= 0.3 is 0 Å². The minimum absolute atomic E-state index is 0.0249. The van der Waals surface area contributed by atoms with E-state index in [1.54, 1.807) is 0 Å². The van der Waals surface area contributed by atoms with E-state index in [2.05, 4.69) is 48.5 Å². The molecule has 27 heavy (non-hydrogen) atoms. The van der Waals surface area contributed by atoms with E-state index in [1.807, 2.05) is 0 Å². The average molecular weight is 397 g/mol. The molecule has 1 N–H and O–H groups in total. The van der Waals surface area contributed by atoms with Crippen LogP contribution in [-0.4, -0.2) is 25.1 Å². The first-order chi connectivity index (χ1) is 12.6. The van der Waals surface area contributed by atoms with Crippen molar-refractivity contribution in [1.29, 1.82) is 0 Å². The SMILES string of the molecule is CC[Si](CC)(CC)OC(C)(C)CCC[C@@H](C)[C@H]1CC[C@H]2[C@@H](O)CCC[C@]12C. The maximum Gasteiger partial charge on any atom is 0.192 e. The van der Waals surface area contributed by atoms with Crippen molar-refractivity contribution in [3.05, 3.63) is 0 Å². The molecule has 3 heteroatoms. The summed E-state index contributed by atoms with van der Waals surface area (Å²) in [5.41, 5.74) is 0.412. The van der Waals surface area contributed by atoms with E-state index < -0.39 is 8.32 Å². The minimum atomic E-state index is -1.53. The van der Waals surface area contributed by atoms with Gasteiger partial charge in [-0.25, -0.2) is 0 Å². The highest BCUT2D eigenvalue weighted by Crippen LogP contribution is 2.58. The zero-order valence-electron chi connectivity index (χ0n) is 19.4. The Labute approximate surface area is 171 Å². The Morgan fingerprint density at radius 1 is 1.11 bits per heavy atom. The topological polar surface area (TPSA) is 29.5 Å². The van der Waals surface area contributed by atoms with Crippen molar-refractivity contribution >= 4 is 8.32 Å². The van der Waals surface area contributed by atoms with Gasteiger partial charge in [0.15, 0.2) is 8.32 Å². The van der Waals surface area contributed by atoms with Gasteiger partial charge in [0.2, 0.25) is 0 Å². The fourth-order valence-corrected chi connectivity index (χ4v) is 9.99. The molecule has 0 radical (unpaired) electrons. The molecule has 0 unspecified atom stereocenters. The summed E-state index contributed by atoms with van der Waals surface area (Å²) in [6.07, 6.45) is 9.89. The van der Waals surface area contributed by atoms with Gasteiger partial charge in [-0.15, -0.1) is 0 Å². The van der Waals surface area contributed by atoms with E-state index in [-0.39, 0.29) is 11.7 Å². The molecule has 0 aromatic heterocycles. The van der Waals surface area contributed by atoms with Crippen molar-refractivity contribution in [1.82, 2.24) is 0 Å². The van der Waals surface area contributed by atoms with Crippen LogP contribution in [-0.2, 0) is 4.43 Å². The molecule has 0 aromatic rings. The third-order valence-corrected chi connectivity index (χ3v) is 13.6. The molecule has 0 amide bonds. The Kier molecular flexibility index (Phi) is 8.07. The van der Waals surface area contributed by atoms with Crippen LogP contribution in [0.1, 0.15) is 99.8 Å². The zero-order valence-corrected chi connectivity index (χ0v) is 20.4. The summed E-state index contributed by atoms with van der Waals surface area (Å²) < 4.78 is 6.81. The predicted octanol–water partition coefficient (Wildman–Crippen LogP) is 7.17. The first kappa shape index (κ1) is 23.4. The Morgan fingerprint density at radius 3 is 2.33 bits per heavy atom. The summed E-state index contributed by atoms with van der Waals surface area (Å²) in [6, 6.07) is 3.72. The van der Waals surface area contributed by atoms with Crippen molar-refractivity contribution in [2.24, 2.45) is 23.2 Å². The van der Waals surface area contributed by atoms with E-state index in [4.69, 9.17) is 4.43 Å². The van der Waals surface area contributed by atoms with Crippen LogP contribution in [0.3, 0.4) is 0 Å². The van der Waals surface area contributed by atoms with E-state index >= 15 is 0 Å². The van der Waals surface area contributed by atoms with Crippen LogP contribution < -0.4 is 0 Å². The van der Waals surface area contributed by atoms with Crippen LogP contribution in [0.5, 0.6) is 0 Å². The highest BCUT2D eigenvalue weighted by Gasteiger charge is 2.52. The lowest BCUT2D eigenvalue weighted by molar-refractivity contribution is -0.0282. The lowest BCUT2D eigenvalue weighted by Gasteiger charge is -2.45. The highest BCUT2D eigenvalue weighted by atomic mass is 28.4. The first-order valence-electron chi connectivity index (χ1n) is 12.0. The summed E-state index contributed by atoms with van der Waals surface area (Å²) in [7, 11) is -1.53. The van der Waals surface area contributed by atoms with Gasteiger partial charge in [0.05, 0.1) is 11.7 Å². The van der Waals surface area contributed by atoms with E-state index in [1.165, 1.54) is 63.1 Å². The first-order valence-corrected chi connectivity index (χ1v) is 14.5. The van der Waals surface area contributed by atoms with Gasteiger partial charge in [-0.1, -0.05) is 53.9 Å². The maximum absolute atomic E-state index is 10.5.